The minimum atomic E-state index is -5.24. The van der Waals surface area contributed by atoms with E-state index >= 15 is 0 Å². The number of aromatic nitrogens is 2. The number of allylic oxidation sites excluding steroid dienone is 1. The fourth-order valence-electron chi connectivity index (χ4n) is 2.07. The average molecular weight is 572 g/mol. The quantitative estimate of drug-likeness (QED) is 0.218. The number of carbonyl (C=O) groups excluding carboxylic acids is 1. The third-order valence-corrected chi connectivity index (χ3v) is 5.29. The Balaban J connectivity index is 2.75. The van der Waals surface area contributed by atoms with Crippen LogP contribution in [0, 0.1) is 0 Å². The Morgan fingerprint density at radius 1 is 1.34 bits per heavy atom. The summed E-state index contributed by atoms with van der Waals surface area (Å²) in [4.78, 5) is 19.6. The van der Waals surface area contributed by atoms with Gasteiger partial charge in [0, 0.05) is 17.3 Å². The number of ketones is 1. The smallest absolute Gasteiger partial charge is 0.455 e. The van der Waals surface area contributed by atoms with E-state index in [0.29, 0.717) is 15.5 Å². The van der Waals surface area contributed by atoms with E-state index in [9.17, 15) is 31.1 Å². The van der Waals surface area contributed by atoms with Crippen molar-refractivity contribution in [3.8, 4) is 0 Å². The lowest BCUT2D eigenvalue weighted by Gasteiger charge is -2.17. The molecular formula is C15H9ClF6IN3O2S. The zero-order chi connectivity index (χ0) is 22.0. The molecule has 0 atom stereocenters. The van der Waals surface area contributed by atoms with Crippen LogP contribution in [0.15, 0.2) is 33.1 Å². The Morgan fingerprint density at radius 2 is 2.00 bits per heavy atom. The fourth-order valence-corrected chi connectivity index (χ4v) is 3.76. The van der Waals surface area contributed by atoms with Crippen LogP contribution in [0.3, 0.4) is 0 Å². The molecule has 0 aromatic carbocycles. The van der Waals surface area contributed by atoms with Crippen molar-refractivity contribution >= 4 is 57.2 Å². The normalized spacial score (nSPS) is 14.0. The highest BCUT2D eigenvalue weighted by Gasteiger charge is 2.42. The van der Waals surface area contributed by atoms with Crippen LogP contribution >= 0.6 is 45.5 Å². The molecule has 0 unspecified atom stereocenters. The molecule has 0 aliphatic rings. The molecule has 0 saturated carbocycles. The first kappa shape index (κ1) is 23.7. The number of methoxy groups -OCH3 is 1. The van der Waals surface area contributed by atoms with E-state index in [1.807, 2.05) is 0 Å². The number of carbonyl (C=O) groups is 1. The number of thiazole rings is 1. The molecule has 5 nitrogen and oxygen atoms in total. The first-order valence-corrected chi connectivity index (χ1v) is 9.58. The topological polar surface area (TPSA) is 56.5 Å². The summed E-state index contributed by atoms with van der Waals surface area (Å²) in [5, 5.41) is 0. The van der Waals surface area contributed by atoms with Crippen molar-refractivity contribution in [2.75, 3.05) is 7.11 Å². The van der Waals surface area contributed by atoms with Crippen LogP contribution in [-0.2, 0) is 22.3 Å². The summed E-state index contributed by atoms with van der Waals surface area (Å²) in [5.41, 5.74) is -1.97. The Morgan fingerprint density at radius 3 is 2.48 bits per heavy atom. The number of alkyl halides is 6. The van der Waals surface area contributed by atoms with Crippen molar-refractivity contribution in [3.63, 3.8) is 0 Å². The molecule has 0 radical (unpaired) electrons. The van der Waals surface area contributed by atoms with E-state index in [4.69, 9.17) is 16.3 Å². The molecule has 2 aromatic heterocycles. The predicted octanol–water partition coefficient (Wildman–Crippen LogP) is 5.06. The molecule has 14 heteroatoms. The summed E-state index contributed by atoms with van der Waals surface area (Å²) in [6.07, 6.45) is -7.79. The first-order valence-electron chi connectivity index (χ1n) is 7.31. The van der Waals surface area contributed by atoms with E-state index < -0.39 is 38.6 Å². The fraction of sp³-hybridized carbons (Fsp3) is 0.267. The van der Waals surface area contributed by atoms with Gasteiger partial charge in [0.05, 0.1) is 19.2 Å². The summed E-state index contributed by atoms with van der Waals surface area (Å²) < 4.78 is 83.4. The number of ether oxygens (including phenoxy) is 1. The van der Waals surface area contributed by atoms with Gasteiger partial charge in [-0.1, -0.05) is 11.6 Å². The molecule has 0 fully saturated rings. The lowest BCUT2D eigenvalue weighted by molar-refractivity contribution is -0.165. The van der Waals surface area contributed by atoms with Gasteiger partial charge in [0.15, 0.2) is 4.47 Å². The third kappa shape index (κ3) is 5.72. The molecule has 0 N–H and O–H groups in total. The minimum absolute atomic E-state index is 0.148. The Hall–Kier alpha value is -1.61. The van der Waals surface area contributed by atoms with E-state index in [-0.39, 0.29) is 11.0 Å². The highest BCUT2D eigenvalue weighted by atomic mass is 127. The van der Waals surface area contributed by atoms with Gasteiger partial charge in [0.1, 0.15) is 9.07 Å². The summed E-state index contributed by atoms with van der Waals surface area (Å²) in [6.45, 7) is -0.279. The highest BCUT2D eigenvalue weighted by molar-refractivity contribution is 14.1. The van der Waals surface area contributed by atoms with Crippen molar-refractivity contribution in [1.82, 2.24) is 9.55 Å². The first-order chi connectivity index (χ1) is 13.4. The van der Waals surface area contributed by atoms with Crippen molar-refractivity contribution in [1.29, 1.82) is 0 Å². The maximum absolute atomic E-state index is 13.5. The molecule has 2 heterocycles. The predicted molar refractivity (Wildman–Crippen MR) is 101 cm³/mol. The van der Waals surface area contributed by atoms with Gasteiger partial charge in [-0.25, -0.2) is 4.98 Å². The maximum Gasteiger partial charge on any atom is 0.455 e. The van der Waals surface area contributed by atoms with Gasteiger partial charge < -0.3 is 4.74 Å². The Kier molecular flexibility index (Phi) is 7.37. The number of pyridine rings is 1. The van der Waals surface area contributed by atoms with Gasteiger partial charge in [-0.15, -0.1) is 11.3 Å². The summed E-state index contributed by atoms with van der Waals surface area (Å²) >= 11 is 7.72. The van der Waals surface area contributed by atoms with E-state index in [1.54, 1.807) is 0 Å². The van der Waals surface area contributed by atoms with Crippen molar-refractivity contribution in [2.24, 2.45) is 4.99 Å². The van der Waals surface area contributed by atoms with Crippen LogP contribution in [0.1, 0.15) is 10.4 Å². The van der Waals surface area contributed by atoms with Gasteiger partial charge in [-0.2, -0.15) is 26.3 Å². The van der Waals surface area contributed by atoms with E-state index in [2.05, 4.69) is 9.98 Å². The van der Waals surface area contributed by atoms with Gasteiger partial charge >= 0.3 is 12.4 Å². The van der Waals surface area contributed by atoms with Crippen LogP contribution in [0.5, 0.6) is 0 Å². The van der Waals surface area contributed by atoms with Crippen molar-refractivity contribution < 1.29 is 35.9 Å². The molecule has 0 amide bonds. The van der Waals surface area contributed by atoms with E-state index in [0.717, 1.165) is 53.3 Å². The molecule has 2 rings (SSSR count). The van der Waals surface area contributed by atoms with Crippen molar-refractivity contribution in [2.45, 2.75) is 18.9 Å². The van der Waals surface area contributed by atoms with Crippen LogP contribution in [-0.4, -0.2) is 28.6 Å². The number of rotatable bonds is 5. The summed E-state index contributed by atoms with van der Waals surface area (Å²) in [6, 6.07) is 1.66. The van der Waals surface area contributed by atoms with Crippen molar-refractivity contribution in [3.05, 3.63) is 48.5 Å². The number of hydrogen-bond acceptors (Lipinski definition) is 5. The van der Waals surface area contributed by atoms with Gasteiger partial charge in [-0.05, 0) is 34.7 Å². The molecule has 0 aliphatic heterocycles. The molecule has 0 aliphatic carbocycles. The summed E-state index contributed by atoms with van der Waals surface area (Å²) in [7, 11) is 0.928. The van der Waals surface area contributed by atoms with Gasteiger partial charge in [0.25, 0.3) is 5.78 Å². The van der Waals surface area contributed by atoms with Crippen LogP contribution < -0.4 is 5.49 Å². The maximum atomic E-state index is 13.5. The molecule has 158 valence electrons. The standard InChI is InChI=1S/C15H9ClF6IN3O2S/c1-28-12(9(23)10(27)15(20,21)22)26-4-2-3-8(14(17,18)19)11(26)24-5-7-6-25-13(16)29-7/h2-4,6H,5H2,1H3/b12-9+,24-11?. The van der Waals surface area contributed by atoms with Crippen LogP contribution in [0.25, 0.3) is 5.88 Å². The average Bonchev–Trinajstić information content (AvgIpc) is 3.03. The second-order valence-electron chi connectivity index (χ2n) is 5.16. The second kappa shape index (κ2) is 9.04. The van der Waals surface area contributed by atoms with Crippen LogP contribution in [0.2, 0.25) is 4.47 Å². The molecular weight excluding hydrogens is 563 g/mol. The SMILES string of the molecule is CO/C(=C(/I)C(=O)C(F)(F)F)n1cccc(C(F)(F)F)c1=NCc1cnc(Cl)s1. The minimum Gasteiger partial charge on any atom is -0.481 e. The molecule has 0 bridgehead atoms. The van der Waals surface area contributed by atoms with Gasteiger partial charge in [-0.3, -0.25) is 14.4 Å². The number of hydrogen-bond donors (Lipinski definition) is 0. The summed E-state index contributed by atoms with van der Waals surface area (Å²) in [5.74, 6) is -3.01. The lowest BCUT2D eigenvalue weighted by Crippen LogP contribution is -2.31. The number of halogens is 8. The highest BCUT2D eigenvalue weighted by Crippen LogP contribution is 2.30. The monoisotopic (exact) mass is 571 g/mol. The van der Waals surface area contributed by atoms with E-state index in [1.165, 1.54) is 6.20 Å². The largest absolute Gasteiger partial charge is 0.481 e. The Labute approximate surface area is 181 Å². The molecule has 0 spiro atoms. The third-order valence-electron chi connectivity index (χ3n) is 3.24. The molecule has 2 aromatic rings. The zero-order valence-corrected chi connectivity index (χ0v) is 17.8. The Bertz CT molecular complexity index is 1010. The second-order valence-corrected chi connectivity index (χ2v) is 7.94. The van der Waals surface area contributed by atoms with Crippen LogP contribution in [0.4, 0.5) is 26.3 Å². The zero-order valence-electron chi connectivity index (χ0n) is 14.1. The molecule has 0 saturated heterocycles. The number of nitrogens with zero attached hydrogens (tertiary/aromatic N) is 3. The lowest BCUT2D eigenvalue weighted by atomic mass is 10.2. The van der Waals surface area contributed by atoms with Gasteiger partial charge in [0.2, 0.25) is 5.88 Å². The molecule has 29 heavy (non-hydrogen) atoms. The number of Topliss-reactive ketones (excluding diaryl/α,β-unsaturated/α-hetero) is 1.